The van der Waals surface area contributed by atoms with Crippen molar-refractivity contribution in [1.29, 1.82) is 0 Å². The summed E-state index contributed by atoms with van der Waals surface area (Å²) >= 11 is 0. The molecule has 0 aliphatic carbocycles. The number of anilines is 1. The van der Waals surface area contributed by atoms with Crippen molar-refractivity contribution in [3.8, 4) is 0 Å². The van der Waals surface area contributed by atoms with Gasteiger partial charge in [0.05, 0.1) is 5.52 Å². The Bertz CT molecular complexity index is 967. The molecule has 5 heteroatoms. The van der Waals surface area contributed by atoms with E-state index in [4.69, 9.17) is 0 Å². The topological polar surface area (TPSA) is 40.8 Å². The summed E-state index contributed by atoms with van der Waals surface area (Å²) < 4.78 is 1.97. The molecule has 0 saturated carbocycles. The van der Waals surface area contributed by atoms with Gasteiger partial charge in [-0.05, 0) is 50.1 Å². The first kappa shape index (κ1) is 16.6. The molecule has 5 nitrogen and oxygen atoms in total. The van der Waals surface area contributed by atoms with Gasteiger partial charge in [0.25, 0.3) is 5.91 Å². The van der Waals surface area contributed by atoms with Crippen molar-refractivity contribution < 1.29 is 4.79 Å². The summed E-state index contributed by atoms with van der Waals surface area (Å²) in [7, 11) is 0. The van der Waals surface area contributed by atoms with Crippen LogP contribution in [0.4, 0.5) is 5.69 Å². The third kappa shape index (κ3) is 2.73. The molecule has 1 fully saturated rings. The summed E-state index contributed by atoms with van der Waals surface area (Å²) in [4.78, 5) is 21.9. The van der Waals surface area contributed by atoms with Gasteiger partial charge in [0.15, 0.2) is 5.69 Å². The van der Waals surface area contributed by atoms with E-state index in [0.29, 0.717) is 5.69 Å². The minimum Gasteiger partial charge on any atom is -0.368 e. The van der Waals surface area contributed by atoms with Gasteiger partial charge in [-0.15, -0.1) is 0 Å². The molecule has 0 bridgehead atoms. The number of carbonyl (C=O) groups excluding carboxylic acids is 1. The van der Waals surface area contributed by atoms with Gasteiger partial charge in [0.2, 0.25) is 0 Å². The van der Waals surface area contributed by atoms with Gasteiger partial charge in [0, 0.05) is 38.1 Å². The van der Waals surface area contributed by atoms with Crippen LogP contribution in [0.5, 0.6) is 0 Å². The van der Waals surface area contributed by atoms with Crippen LogP contribution in [0.25, 0.3) is 5.52 Å². The molecule has 0 N–H and O–H groups in total. The summed E-state index contributed by atoms with van der Waals surface area (Å²) in [6, 6.07) is 12.3. The number of aromatic nitrogens is 2. The molecule has 2 aromatic heterocycles. The molecule has 0 spiro atoms. The highest BCUT2D eigenvalue weighted by atomic mass is 16.2. The van der Waals surface area contributed by atoms with E-state index < -0.39 is 0 Å². The van der Waals surface area contributed by atoms with Crippen molar-refractivity contribution in [1.82, 2.24) is 14.3 Å². The number of nitrogens with zero attached hydrogens (tertiary/aromatic N) is 4. The normalized spacial score (nSPS) is 14.9. The number of amides is 1. The van der Waals surface area contributed by atoms with Crippen LogP contribution in [0.1, 0.15) is 27.4 Å². The first-order valence-corrected chi connectivity index (χ1v) is 9.10. The summed E-state index contributed by atoms with van der Waals surface area (Å²) in [5, 5.41) is 0. The number of benzene rings is 1. The summed E-state index contributed by atoms with van der Waals surface area (Å²) in [6.45, 7) is 9.38. The summed E-state index contributed by atoms with van der Waals surface area (Å²) in [5.74, 6) is 0.875. The maximum Gasteiger partial charge on any atom is 0.274 e. The van der Waals surface area contributed by atoms with E-state index in [1.54, 1.807) is 0 Å². The van der Waals surface area contributed by atoms with E-state index in [-0.39, 0.29) is 5.91 Å². The largest absolute Gasteiger partial charge is 0.368 e. The predicted octanol–water partition coefficient (Wildman–Crippen LogP) is 3.22. The molecule has 1 aliphatic rings. The average molecular weight is 348 g/mol. The van der Waals surface area contributed by atoms with E-state index >= 15 is 0 Å². The van der Waals surface area contributed by atoms with E-state index in [1.165, 1.54) is 16.8 Å². The second kappa shape index (κ2) is 6.48. The predicted molar refractivity (Wildman–Crippen MR) is 104 cm³/mol. The minimum atomic E-state index is 0.0300. The van der Waals surface area contributed by atoms with Crippen LogP contribution >= 0.6 is 0 Å². The maximum atomic E-state index is 13.0. The number of hydrogen-bond donors (Lipinski definition) is 0. The maximum absolute atomic E-state index is 13.0. The lowest BCUT2D eigenvalue weighted by Crippen LogP contribution is -2.49. The number of imidazole rings is 1. The molecular weight excluding hydrogens is 324 g/mol. The van der Waals surface area contributed by atoms with E-state index in [9.17, 15) is 4.79 Å². The Labute approximate surface area is 153 Å². The van der Waals surface area contributed by atoms with Crippen molar-refractivity contribution in [3.05, 3.63) is 65.2 Å². The molecule has 26 heavy (non-hydrogen) atoms. The minimum absolute atomic E-state index is 0.0300. The van der Waals surface area contributed by atoms with Crippen LogP contribution in [0.3, 0.4) is 0 Å². The zero-order chi connectivity index (χ0) is 18.3. The van der Waals surface area contributed by atoms with Gasteiger partial charge >= 0.3 is 0 Å². The zero-order valence-corrected chi connectivity index (χ0v) is 15.6. The first-order valence-electron chi connectivity index (χ1n) is 9.10. The highest BCUT2D eigenvalue weighted by molar-refractivity contribution is 5.99. The Morgan fingerprint density at radius 3 is 2.50 bits per heavy atom. The number of fused-ring (bicyclic) bond motifs is 1. The van der Waals surface area contributed by atoms with Crippen LogP contribution in [0.15, 0.2) is 42.6 Å². The first-order chi connectivity index (χ1) is 12.6. The Hall–Kier alpha value is -2.82. The highest BCUT2D eigenvalue weighted by Gasteiger charge is 2.26. The van der Waals surface area contributed by atoms with Crippen LogP contribution in [-0.2, 0) is 0 Å². The third-order valence-electron chi connectivity index (χ3n) is 5.41. The Kier molecular flexibility index (Phi) is 4.15. The number of pyridine rings is 1. The standard InChI is InChI=1S/C21H24N4O/c1-15-7-6-9-18(16(15)2)23-11-13-24(14-12-23)21(26)20-19-8-4-5-10-25(19)17(3)22-20/h4-10H,11-14H2,1-3H3. The van der Waals surface area contributed by atoms with Gasteiger partial charge in [-0.25, -0.2) is 4.98 Å². The van der Waals surface area contributed by atoms with Crippen molar-refractivity contribution in [2.45, 2.75) is 20.8 Å². The lowest BCUT2D eigenvalue weighted by Gasteiger charge is -2.36. The molecule has 0 radical (unpaired) electrons. The van der Waals surface area contributed by atoms with Crippen LogP contribution < -0.4 is 4.90 Å². The molecule has 3 aromatic rings. The van der Waals surface area contributed by atoms with Gasteiger partial charge < -0.3 is 14.2 Å². The molecule has 134 valence electrons. The second-order valence-electron chi connectivity index (χ2n) is 6.96. The van der Waals surface area contributed by atoms with Crippen LogP contribution in [0, 0.1) is 20.8 Å². The van der Waals surface area contributed by atoms with Gasteiger partial charge in [-0.2, -0.15) is 0 Å². The Morgan fingerprint density at radius 2 is 1.73 bits per heavy atom. The van der Waals surface area contributed by atoms with Crippen molar-refractivity contribution in [3.63, 3.8) is 0 Å². The number of carbonyl (C=O) groups is 1. The second-order valence-corrected chi connectivity index (χ2v) is 6.96. The van der Waals surface area contributed by atoms with Crippen LogP contribution in [-0.4, -0.2) is 46.4 Å². The zero-order valence-electron chi connectivity index (χ0n) is 15.6. The van der Waals surface area contributed by atoms with Gasteiger partial charge in [-0.1, -0.05) is 18.2 Å². The average Bonchev–Trinajstić information content (AvgIpc) is 3.01. The fourth-order valence-electron chi connectivity index (χ4n) is 3.73. The SMILES string of the molecule is Cc1cccc(N2CCN(C(=O)c3nc(C)n4ccccc34)CC2)c1C. The van der Waals surface area contributed by atoms with Gasteiger partial charge in [0.1, 0.15) is 5.82 Å². The number of hydrogen-bond acceptors (Lipinski definition) is 3. The number of rotatable bonds is 2. The Balaban J connectivity index is 1.52. The molecule has 0 unspecified atom stereocenters. The summed E-state index contributed by atoms with van der Waals surface area (Å²) in [5.41, 5.74) is 5.35. The third-order valence-corrected chi connectivity index (χ3v) is 5.41. The quantitative estimate of drug-likeness (QED) is 0.714. The summed E-state index contributed by atoms with van der Waals surface area (Å²) in [6.07, 6.45) is 1.95. The molecule has 1 aliphatic heterocycles. The fraction of sp³-hybridized carbons (Fsp3) is 0.333. The van der Waals surface area contributed by atoms with E-state index in [1.807, 2.05) is 40.6 Å². The molecule has 1 aromatic carbocycles. The Morgan fingerprint density at radius 1 is 0.962 bits per heavy atom. The molecule has 1 amide bonds. The van der Waals surface area contributed by atoms with Crippen molar-refractivity contribution in [2.24, 2.45) is 0 Å². The molecule has 1 saturated heterocycles. The van der Waals surface area contributed by atoms with Crippen LogP contribution in [0.2, 0.25) is 0 Å². The lowest BCUT2D eigenvalue weighted by molar-refractivity contribution is 0.0743. The molecule has 3 heterocycles. The monoisotopic (exact) mass is 348 g/mol. The van der Waals surface area contributed by atoms with E-state index in [2.05, 4.69) is 41.9 Å². The fourth-order valence-corrected chi connectivity index (χ4v) is 3.73. The number of piperazine rings is 1. The molecular formula is C21H24N4O. The molecule has 4 rings (SSSR count). The van der Waals surface area contributed by atoms with E-state index in [0.717, 1.165) is 37.5 Å². The lowest BCUT2D eigenvalue weighted by atomic mass is 10.1. The van der Waals surface area contributed by atoms with Crippen molar-refractivity contribution in [2.75, 3.05) is 31.1 Å². The smallest absolute Gasteiger partial charge is 0.274 e. The highest BCUT2D eigenvalue weighted by Crippen LogP contribution is 2.24. The van der Waals surface area contributed by atoms with Crippen molar-refractivity contribution >= 4 is 17.1 Å². The van der Waals surface area contributed by atoms with Gasteiger partial charge in [-0.3, -0.25) is 4.79 Å². The molecule has 0 atom stereocenters. The number of aryl methyl sites for hydroxylation is 2.